The topological polar surface area (TPSA) is 58.0 Å². The minimum absolute atomic E-state index is 0.249. The van der Waals surface area contributed by atoms with Crippen LogP contribution in [0.3, 0.4) is 0 Å². The lowest BCUT2D eigenvalue weighted by molar-refractivity contribution is 0.0613. The van der Waals surface area contributed by atoms with Crippen molar-refractivity contribution >= 4 is 17.4 Å². The van der Waals surface area contributed by atoms with Crippen molar-refractivity contribution in [1.29, 1.82) is 0 Å². The zero-order valence-electron chi connectivity index (χ0n) is 10.9. The summed E-state index contributed by atoms with van der Waals surface area (Å²) in [7, 11) is 0. The molecule has 4 nitrogen and oxygen atoms in total. The minimum Gasteiger partial charge on any atom is -0.388 e. The van der Waals surface area contributed by atoms with Crippen molar-refractivity contribution in [2.45, 2.75) is 51.0 Å². The lowest BCUT2D eigenvalue weighted by Gasteiger charge is -2.24. The van der Waals surface area contributed by atoms with Crippen LogP contribution in [0.25, 0.3) is 0 Å². The Morgan fingerprint density at radius 2 is 2.06 bits per heavy atom. The van der Waals surface area contributed by atoms with Crippen LogP contribution in [0.1, 0.15) is 51.0 Å². The van der Waals surface area contributed by atoms with E-state index in [1.165, 1.54) is 6.33 Å². The van der Waals surface area contributed by atoms with Gasteiger partial charge < -0.3 is 10.4 Å². The van der Waals surface area contributed by atoms with Gasteiger partial charge >= 0.3 is 0 Å². The fourth-order valence-electron chi connectivity index (χ4n) is 2.48. The van der Waals surface area contributed by atoms with Crippen molar-refractivity contribution < 1.29 is 5.11 Å². The standard InChI is InChI=1S/C13H20ClN3O/c1-9(2)10-11(14)16-8-17-12(10)15-7-13(18)5-3-4-6-13/h8-9,18H,3-7H2,1-2H3,(H,15,16,17). The molecule has 2 N–H and O–H groups in total. The van der Waals surface area contributed by atoms with Gasteiger partial charge in [0.25, 0.3) is 0 Å². The van der Waals surface area contributed by atoms with Crippen molar-refractivity contribution in [2.75, 3.05) is 11.9 Å². The second-order valence-electron chi connectivity index (χ2n) is 5.37. The highest BCUT2D eigenvalue weighted by Crippen LogP contribution is 2.32. The van der Waals surface area contributed by atoms with Crippen LogP contribution in [-0.2, 0) is 0 Å². The SMILES string of the molecule is CC(C)c1c(Cl)ncnc1NCC1(O)CCCC1. The highest BCUT2D eigenvalue weighted by molar-refractivity contribution is 6.30. The lowest BCUT2D eigenvalue weighted by Crippen LogP contribution is -2.34. The smallest absolute Gasteiger partial charge is 0.138 e. The fourth-order valence-corrected chi connectivity index (χ4v) is 2.84. The molecule has 0 spiro atoms. The minimum atomic E-state index is -0.592. The number of nitrogens with zero attached hydrogens (tertiary/aromatic N) is 2. The summed E-state index contributed by atoms with van der Waals surface area (Å²) in [5.41, 5.74) is 0.326. The number of rotatable bonds is 4. The molecule has 1 saturated carbocycles. The molecule has 0 saturated heterocycles. The lowest BCUT2D eigenvalue weighted by atomic mass is 10.0. The van der Waals surface area contributed by atoms with Gasteiger partial charge in [0.05, 0.1) is 5.60 Å². The van der Waals surface area contributed by atoms with Gasteiger partial charge in [0, 0.05) is 12.1 Å². The van der Waals surface area contributed by atoms with E-state index in [4.69, 9.17) is 11.6 Å². The van der Waals surface area contributed by atoms with Gasteiger partial charge in [0.1, 0.15) is 17.3 Å². The van der Waals surface area contributed by atoms with E-state index >= 15 is 0 Å². The van der Waals surface area contributed by atoms with Crippen LogP contribution in [0, 0.1) is 0 Å². The average Bonchev–Trinajstić information content (AvgIpc) is 2.73. The van der Waals surface area contributed by atoms with Crippen molar-refractivity contribution in [3.8, 4) is 0 Å². The highest BCUT2D eigenvalue weighted by atomic mass is 35.5. The van der Waals surface area contributed by atoms with Gasteiger partial charge in [-0.1, -0.05) is 38.3 Å². The molecule has 1 heterocycles. The molecule has 1 aromatic rings. The number of halogens is 1. The van der Waals surface area contributed by atoms with Crippen LogP contribution in [0.5, 0.6) is 0 Å². The summed E-state index contributed by atoms with van der Waals surface area (Å²) in [6, 6.07) is 0. The van der Waals surface area contributed by atoms with Crippen LogP contribution < -0.4 is 5.32 Å². The second-order valence-corrected chi connectivity index (χ2v) is 5.72. The summed E-state index contributed by atoms with van der Waals surface area (Å²) in [5, 5.41) is 14.0. The van der Waals surface area contributed by atoms with Gasteiger partial charge in [-0.2, -0.15) is 0 Å². The molecule has 18 heavy (non-hydrogen) atoms. The summed E-state index contributed by atoms with van der Waals surface area (Å²) in [5.74, 6) is 0.991. The Labute approximate surface area is 113 Å². The highest BCUT2D eigenvalue weighted by Gasteiger charge is 2.31. The summed E-state index contributed by atoms with van der Waals surface area (Å²) < 4.78 is 0. The molecule has 1 aliphatic rings. The van der Waals surface area contributed by atoms with E-state index in [9.17, 15) is 5.11 Å². The molecule has 0 amide bonds. The Morgan fingerprint density at radius 1 is 1.39 bits per heavy atom. The molecule has 0 aromatic carbocycles. The largest absolute Gasteiger partial charge is 0.388 e. The van der Waals surface area contributed by atoms with Gasteiger partial charge in [0.15, 0.2) is 0 Å². The Kier molecular flexibility index (Phi) is 4.07. The summed E-state index contributed by atoms with van der Waals surface area (Å²) in [6.45, 7) is 4.64. The van der Waals surface area contributed by atoms with Crippen LogP contribution in [0.2, 0.25) is 5.15 Å². The number of hydrogen-bond donors (Lipinski definition) is 2. The molecule has 100 valence electrons. The molecule has 5 heteroatoms. The number of aromatic nitrogens is 2. The van der Waals surface area contributed by atoms with Gasteiger partial charge in [-0.15, -0.1) is 0 Å². The normalized spacial score (nSPS) is 18.3. The Morgan fingerprint density at radius 3 is 2.67 bits per heavy atom. The molecule has 1 aliphatic carbocycles. The first-order chi connectivity index (χ1) is 8.52. The van der Waals surface area contributed by atoms with E-state index in [0.29, 0.717) is 11.7 Å². The van der Waals surface area contributed by atoms with E-state index in [0.717, 1.165) is 37.1 Å². The molecule has 2 rings (SSSR count). The quantitative estimate of drug-likeness (QED) is 0.825. The fraction of sp³-hybridized carbons (Fsp3) is 0.692. The van der Waals surface area contributed by atoms with Crippen molar-refractivity contribution in [3.63, 3.8) is 0 Å². The average molecular weight is 270 g/mol. The second kappa shape index (κ2) is 5.41. The van der Waals surface area contributed by atoms with E-state index in [2.05, 4.69) is 29.1 Å². The van der Waals surface area contributed by atoms with Gasteiger partial charge in [-0.25, -0.2) is 9.97 Å². The molecule has 1 fully saturated rings. The number of aliphatic hydroxyl groups is 1. The Bertz CT molecular complexity index is 417. The van der Waals surface area contributed by atoms with Gasteiger partial charge in [-0.05, 0) is 18.8 Å². The molecule has 0 radical (unpaired) electrons. The third kappa shape index (κ3) is 2.93. The molecule has 0 atom stereocenters. The maximum Gasteiger partial charge on any atom is 0.138 e. The number of hydrogen-bond acceptors (Lipinski definition) is 4. The van der Waals surface area contributed by atoms with Crippen LogP contribution in [0.15, 0.2) is 6.33 Å². The molecular weight excluding hydrogens is 250 g/mol. The molecular formula is C13H20ClN3O. The van der Waals surface area contributed by atoms with Crippen molar-refractivity contribution in [2.24, 2.45) is 0 Å². The van der Waals surface area contributed by atoms with Gasteiger partial charge in [-0.3, -0.25) is 0 Å². The third-order valence-electron chi connectivity index (χ3n) is 3.53. The van der Waals surface area contributed by atoms with E-state index in [1.807, 2.05) is 0 Å². The number of nitrogens with one attached hydrogen (secondary N) is 1. The Balaban J connectivity index is 2.11. The maximum absolute atomic E-state index is 10.3. The first kappa shape index (κ1) is 13.6. The number of anilines is 1. The Hall–Kier alpha value is -0.870. The first-order valence-corrected chi connectivity index (χ1v) is 6.86. The molecule has 1 aromatic heterocycles. The van der Waals surface area contributed by atoms with E-state index in [-0.39, 0.29) is 5.92 Å². The third-order valence-corrected chi connectivity index (χ3v) is 3.83. The van der Waals surface area contributed by atoms with E-state index < -0.39 is 5.60 Å². The van der Waals surface area contributed by atoms with Crippen molar-refractivity contribution in [1.82, 2.24) is 9.97 Å². The van der Waals surface area contributed by atoms with Gasteiger partial charge in [0.2, 0.25) is 0 Å². The molecule has 0 unspecified atom stereocenters. The molecule has 0 bridgehead atoms. The van der Waals surface area contributed by atoms with E-state index in [1.54, 1.807) is 0 Å². The van der Waals surface area contributed by atoms with Crippen LogP contribution >= 0.6 is 11.6 Å². The van der Waals surface area contributed by atoms with Crippen LogP contribution in [0.4, 0.5) is 5.82 Å². The summed E-state index contributed by atoms with van der Waals surface area (Å²) in [4.78, 5) is 8.25. The zero-order chi connectivity index (χ0) is 13.2. The summed E-state index contributed by atoms with van der Waals surface area (Å²) >= 11 is 6.10. The van der Waals surface area contributed by atoms with Crippen molar-refractivity contribution in [3.05, 3.63) is 17.0 Å². The first-order valence-electron chi connectivity index (χ1n) is 6.48. The zero-order valence-corrected chi connectivity index (χ0v) is 11.7. The van der Waals surface area contributed by atoms with Crippen LogP contribution in [-0.4, -0.2) is 27.2 Å². The molecule has 0 aliphatic heterocycles. The summed E-state index contributed by atoms with van der Waals surface area (Å²) in [6.07, 6.45) is 5.36. The maximum atomic E-state index is 10.3. The predicted molar refractivity (Wildman–Crippen MR) is 73.0 cm³/mol. The predicted octanol–water partition coefficient (Wildman–Crippen LogP) is 2.97. The monoisotopic (exact) mass is 269 g/mol.